The monoisotopic (exact) mass is 236 g/mol. The topological polar surface area (TPSA) is 55.8 Å². The Morgan fingerprint density at radius 1 is 1.35 bits per heavy atom. The highest BCUT2D eigenvalue weighted by atomic mass is 16.6. The number of esters is 1. The predicted molar refractivity (Wildman–Crippen MR) is 61.4 cm³/mol. The van der Waals surface area contributed by atoms with E-state index in [2.05, 4.69) is 0 Å². The number of hydrogen-bond acceptors (Lipinski definition) is 4. The van der Waals surface area contributed by atoms with Crippen molar-refractivity contribution in [2.45, 2.75) is 38.3 Å². The number of benzene rings is 1. The Hall–Kier alpha value is -1.39. The van der Waals surface area contributed by atoms with Crippen LogP contribution in [0.15, 0.2) is 30.3 Å². The Labute approximate surface area is 100 Å². The van der Waals surface area contributed by atoms with Gasteiger partial charge in [-0.15, -0.1) is 0 Å². The molecule has 1 fully saturated rings. The first-order chi connectivity index (χ1) is 8.16. The smallest absolute Gasteiger partial charge is 0.338 e. The third-order valence-corrected chi connectivity index (χ3v) is 2.86. The van der Waals surface area contributed by atoms with Crippen LogP contribution in [0.1, 0.15) is 30.1 Å². The lowest BCUT2D eigenvalue weighted by Gasteiger charge is -2.31. The minimum atomic E-state index is -0.739. The van der Waals surface area contributed by atoms with Crippen molar-refractivity contribution in [3.63, 3.8) is 0 Å². The van der Waals surface area contributed by atoms with E-state index in [1.54, 1.807) is 31.2 Å². The van der Waals surface area contributed by atoms with E-state index in [9.17, 15) is 9.90 Å². The SMILES string of the molecule is C[C@H]1OC(O)CC[C@@H]1OC(=O)c1ccccc1. The van der Waals surface area contributed by atoms with E-state index in [0.717, 1.165) is 0 Å². The van der Waals surface area contributed by atoms with E-state index in [0.29, 0.717) is 18.4 Å². The summed E-state index contributed by atoms with van der Waals surface area (Å²) >= 11 is 0. The zero-order chi connectivity index (χ0) is 12.3. The van der Waals surface area contributed by atoms with Crippen LogP contribution in [0.25, 0.3) is 0 Å². The van der Waals surface area contributed by atoms with Gasteiger partial charge in [0.1, 0.15) is 6.10 Å². The Kier molecular flexibility index (Phi) is 3.76. The fraction of sp³-hybridized carbons (Fsp3) is 0.462. The molecule has 3 atom stereocenters. The third-order valence-electron chi connectivity index (χ3n) is 2.86. The van der Waals surface area contributed by atoms with Crippen molar-refractivity contribution < 1.29 is 19.4 Å². The van der Waals surface area contributed by atoms with Crippen LogP contribution in [0.3, 0.4) is 0 Å². The van der Waals surface area contributed by atoms with Gasteiger partial charge in [0.05, 0.1) is 11.7 Å². The van der Waals surface area contributed by atoms with Gasteiger partial charge in [-0.25, -0.2) is 4.79 Å². The molecule has 0 aromatic heterocycles. The van der Waals surface area contributed by atoms with Crippen LogP contribution in [0.4, 0.5) is 0 Å². The van der Waals surface area contributed by atoms with Crippen molar-refractivity contribution in [1.29, 1.82) is 0 Å². The number of hydrogen-bond donors (Lipinski definition) is 1. The average molecular weight is 236 g/mol. The first kappa shape index (κ1) is 12.1. The molecule has 2 rings (SSSR count). The zero-order valence-electron chi connectivity index (χ0n) is 9.70. The van der Waals surface area contributed by atoms with E-state index in [-0.39, 0.29) is 18.2 Å². The van der Waals surface area contributed by atoms with Gasteiger partial charge in [0.2, 0.25) is 0 Å². The fourth-order valence-electron chi connectivity index (χ4n) is 1.88. The fourth-order valence-corrected chi connectivity index (χ4v) is 1.88. The molecular weight excluding hydrogens is 220 g/mol. The molecule has 0 radical (unpaired) electrons. The molecule has 1 unspecified atom stereocenters. The second-order valence-corrected chi connectivity index (χ2v) is 4.18. The lowest BCUT2D eigenvalue weighted by Crippen LogP contribution is -2.39. The summed E-state index contributed by atoms with van der Waals surface area (Å²) in [6.07, 6.45) is -0.174. The number of aliphatic hydroxyl groups excluding tert-OH is 1. The Balaban J connectivity index is 1.95. The number of carbonyl (C=O) groups excluding carboxylic acids is 1. The molecule has 1 aliphatic heterocycles. The van der Waals surface area contributed by atoms with Crippen LogP contribution in [-0.4, -0.2) is 29.6 Å². The van der Waals surface area contributed by atoms with E-state index in [1.807, 2.05) is 6.07 Å². The quantitative estimate of drug-likeness (QED) is 0.794. The lowest BCUT2D eigenvalue weighted by atomic mass is 10.1. The molecule has 0 amide bonds. The Morgan fingerprint density at radius 3 is 2.71 bits per heavy atom. The molecule has 1 aliphatic rings. The number of ether oxygens (including phenoxy) is 2. The number of aliphatic hydroxyl groups is 1. The molecule has 92 valence electrons. The molecule has 0 bridgehead atoms. The summed E-state index contributed by atoms with van der Waals surface area (Å²) in [7, 11) is 0. The predicted octanol–water partition coefficient (Wildman–Crippen LogP) is 1.73. The number of carbonyl (C=O) groups is 1. The molecule has 0 saturated carbocycles. The van der Waals surface area contributed by atoms with Crippen molar-refractivity contribution in [3.8, 4) is 0 Å². The van der Waals surface area contributed by atoms with Gasteiger partial charge >= 0.3 is 5.97 Å². The molecule has 1 heterocycles. The largest absolute Gasteiger partial charge is 0.456 e. The van der Waals surface area contributed by atoms with Crippen LogP contribution in [0.2, 0.25) is 0 Å². The standard InChI is InChI=1S/C13H16O4/c1-9-11(7-8-12(14)16-9)17-13(15)10-5-3-2-4-6-10/h2-6,9,11-12,14H,7-8H2,1H3/t9-,11+,12?/m1/s1. The first-order valence-electron chi connectivity index (χ1n) is 5.76. The molecule has 1 aromatic rings. The lowest BCUT2D eigenvalue weighted by molar-refractivity contribution is -0.193. The summed E-state index contributed by atoms with van der Waals surface area (Å²) in [6.45, 7) is 1.80. The summed E-state index contributed by atoms with van der Waals surface area (Å²) in [5.74, 6) is -0.345. The average Bonchev–Trinajstić information content (AvgIpc) is 2.34. The van der Waals surface area contributed by atoms with Gasteiger partial charge in [0.25, 0.3) is 0 Å². The molecule has 4 heteroatoms. The highest BCUT2D eigenvalue weighted by Crippen LogP contribution is 2.21. The van der Waals surface area contributed by atoms with Crippen molar-refractivity contribution in [3.05, 3.63) is 35.9 Å². The van der Waals surface area contributed by atoms with Gasteiger partial charge < -0.3 is 14.6 Å². The van der Waals surface area contributed by atoms with Gasteiger partial charge in [-0.05, 0) is 25.5 Å². The molecule has 1 saturated heterocycles. The zero-order valence-corrected chi connectivity index (χ0v) is 9.70. The van der Waals surface area contributed by atoms with Crippen molar-refractivity contribution >= 4 is 5.97 Å². The van der Waals surface area contributed by atoms with Crippen molar-refractivity contribution in [2.75, 3.05) is 0 Å². The van der Waals surface area contributed by atoms with Crippen LogP contribution in [-0.2, 0) is 9.47 Å². The molecule has 4 nitrogen and oxygen atoms in total. The minimum Gasteiger partial charge on any atom is -0.456 e. The Bertz CT molecular complexity index is 376. The highest BCUT2D eigenvalue weighted by Gasteiger charge is 2.30. The van der Waals surface area contributed by atoms with Gasteiger partial charge in [-0.2, -0.15) is 0 Å². The second kappa shape index (κ2) is 5.29. The third kappa shape index (κ3) is 3.05. The molecule has 17 heavy (non-hydrogen) atoms. The maximum atomic E-state index is 11.8. The molecule has 1 aromatic carbocycles. The maximum absolute atomic E-state index is 11.8. The summed E-state index contributed by atoms with van der Waals surface area (Å²) in [4.78, 5) is 11.8. The molecule has 1 N–H and O–H groups in total. The van der Waals surface area contributed by atoms with Crippen molar-refractivity contribution in [1.82, 2.24) is 0 Å². The van der Waals surface area contributed by atoms with Crippen LogP contribution >= 0.6 is 0 Å². The highest BCUT2D eigenvalue weighted by molar-refractivity contribution is 5.89. The molecular formula is C13H16O4. The maximum Gasteiger partial charge on any atom is 0.338 e. The van der Waals surface area contributed by atoms with Crippen LogP contribution in [0, 0.1) is 0 Å². The van der Waals surface area contributed by atoms with E-state index in [1.165, 1.54) is 0 Å². The van der Waals surface area contributed by atoms with Gasteiger partial charge in [-0.1, -0.05) is 18.2 Å². The van der Waals surface area contributed by atoms with Crippen molar-refractivity contribution in [2.24, 2.45) is 0 Å². The number of rotatable bonds is 2. The van der Waals surface area contributed by atoms with E-state index < -0.39 is 6.29 Å². The molecule has 0 aliphatic carbocycles. The summed E-state index contributed by atoms with van der Waals surface area (Å²) in [6, 6.07) is 8.86. The van der Waals surface area contributed by atoms with E-state index in [4.69, 9.17) is 9.47 Å². The second-order valence-electron chi connectivity index (χ2n) is 4.18. The van der Waals surface area contributed by atoms with Gasteiger partial charge in [0, 0.05) is 6.42 Å². The van der Waals surface area contributed by atoms with Crippen LogP contribution < -0.4 is 0 Å². The summed E-state index contributed by atoms with van der Waals surface area (Å²) in [5, 5.41) is 9.29. The first-order valence-corrected chi connectivity index (χ1v) is 5.76. The summed E-state index contributed by atoms with van der Waals surface area (Å²) in [5.41, 5.74) is 0.533. The van der Waals surface area contributed by atoms with E-state index >= 15 is 0 Å². The van der Waals surface area contributed by atoms with Crippen LogP contribution in [0.5, 0.6) is 0 Å². The minimum absolute atomic E-state index is 0.272. The van der Waals surface area contributed by atoms with Gasteiger partial charge in [-0.3, -0.25) is 0 Å². The Morgan fingerprint density at radius 2 is 2.06 bits per heavy atom. The molecule has 0 spiro atoms. The van der Waals surface area contributed by atoms with Gasteiger partial charge in [0.15, 0.2) is 6.29 Å². The summed E-state index contributed by atoms with van der Waals surface area (Å²) < 4.78 is 10.6. The normalized spacial score (nSPS) is 28.7.